The molecule has 1 aliphatic heterocycles. The van der Waals surface area contributed by atoms with Crippen molar-refractivity contribution in [3.05, 3.63) is 59.7 Å². The molecule has 0 unspecified atom stereocenters. The fourth-order valence-electron chi connectivity index (χ4n) is 4.07. The molecule has 194 valence electrons. The Bertz CT molecular complexity index is 901. The maximum Gasteiger partial charge on any atom is 0.250 e. The van der Waals surface area contributed by atoms with Crippen molar-refractivity contribution in [2.24, 2.45) is 11.8 Å². The number of hydrogen-bond acceptors (Lipinski definition) is 3. The van der Waals surface area contributed by atoms with Crippen molar-refractivity contribution in [2.45, 2.75) is 104 Å². The molecule has 0 aliphatic carbocycles. The van der Waals surface area contributed by atoms with Crippen molar-refractivity contribution in [3.63, 3.8) is 0 Å². The van der Waals surface area contributed by atoms with Crippen molar-refractivity contribution in [1.82, 2.24) is 0 Å². The summed E-state index contributed by atoms with van der Waals surface area (Å²) in [6.07, 6.45) is 0.167. The number of rotatable bonds is 6. The lowest BCUT2D eigenvalue weighted by Gasteiger charge is -2.36. The Kier molecular flexibility index (Phi) is 7.78. The third-order valence-electron chi connectivity index (χ3n) is 8.85. The highest BCUT2D eigenvalue weighted by Crippen LogP contribution is 2.49. The number of hydrogen-bond donors (Lipinski definition) is 0. The monoisotopic (exact) mass is 512 g/mol. The van der Waals surface area contributed by atoms with E-state index in [1.165, 1.54) is 11.1 Å². The highest BCUT2D eigenvalue weighted by molar-refractivity contribution is 6.75. The summed E-state index contributed by atoms with van der Waals surface area (Å²) in [6, 6.07) is 17.2. The fraction of sp³-hybridized carbons (Fsp3) is 0.600. The maximum atomic E-state index is 6.68. The molecule has 3 rings (SSSR count). The van der Waals surface area contributed by atoms with Gasteiger partial charge < -0.3 is 13.6 Å². The van der Waals surface area contributed by atoms with E-state index in [1.54, 1.807) is 0 Å². The third-order valence-corrected chi connectivity index (χ3v) is 17.6. The Morgan fingerprint density at radius 3 is 1.11 bits per heavy atom. The molecule has 0 radical (unpaired) electrons. The van der Waals surface area contributed by atoms with Crippen LogP contribution in [-0.4, -0.2) is 16.6 Å². The molecule has 0 spiro atoms. The Morgan fingerprint density at radius 2 is 0.857 bits per heavy atom. The van der Waals surface area contributed by atoms with Gasteiger partial charge in [0.2, 0.25) is 16.6 Å². The van der Waals surface area contributed by atoms with Gasteiger partial charge >= 0.3 is 0 Å². The fourth-order valence-corrected chi connectivity index (χ4v) is 6.13. The van der Waals surface area contributed by atoms with Crippen LogP contribution in [0.4, 0.5) is 0 Å². The van der Waals surface area contributed by atoms with Gasteiger partial charge in [-0.1, -0.05) is 79.7 Å². The van der Waals surface area contributed by atoms with Crippen LogP contribution in [-0.2, 0) is 4.74 Å². The summed E-state index contributed by atoms with van der Waals surface area (Å²) >= 11 is 0. The van der Waals surface area contributed by atoms with Crippen LogP contribution in [0.3, 0.4) is 0 Å². The molecular formula is C30H48O3Si2. The smallest absolute Gasteiger partial charge is 0.250 e. The van der Waals surface area contributed by atoms with Gasteiger partial charge in [0.25, 0.3) is 0 Å². The molecular weight excluding hydrogens is 464 g/mol. The summed E-state index contributed by atoms with van der Waals surface area (Å²) in [6.45, 7) is 27.4. The van der Waals surface area contributed by atoms with Gasteiger partial charge in [-0.2, -0.15) is 0 Å². The molecule has 0 bridgehead atoms. The molecule has 0 saturated carbocycles. The van der Waals surface area contributed by atoms with Gasteiger partial charge in [-0.15, -0.1) is 0 Å². The number of benzene rings is 2. The molecule has 3 nitrogen and oxygen atoms in total. The second kappa shape index (κ2) is 9.72. The first kappa shape index (κ1) is 28.0. The molecule has 2 aromatic carbocycles. The quantitative estimate of drug-likeness (QED) is 0.361. The average Bonchev–Trinajstić information content (AvgIpc) is 3.02. The van der Waals surface area contributed by atoms with Crippen LogP contribution >= 0.6 is 0 Å². The van der Waals surface area contributed by atoms with E-state index in [2.05, 4.69) is 130 Å². The van der Waals surface area contributed by atoms with Crippen LogP contribution in [0.5, 0.6) is 11.5 Å². The number of ether oxygens (including phenoxy) is 1. The van der Waals surface area contributed by atoms with Gasteiger partial charge in [0, 0.05) is 0 Å². The summed E-state index contributed by atoms with van der Waals surface area (Å²) in [4.78, 5) is 0. The topological polar surface area (TPSA) is 27.7 Å². The molecule has 1 aliphatic rings. The summed E-state index contributed by atoms with van der Waals surface area (Å²) in [5.41, 5.74) is 2.46. The molecule has 0 amide bonds. The Labute approximate surface area is 216 Å². The molecule has 1 fully saturated rings. The third kappa shape index (κ3) is 6.06. The molecule has 0 N–H and O–H groups in total. The minimum absolute atomic E-state index is 0.0834. The molecule has 4 atom stereocenters. The normalized spacial score (nSPS) is 23.9. The zero-order valence-corrected chi connectivity index (χ0v) is 26.2. The lowest BCUT2D eigenvalue weighted by atomic mass is 9.85. The highest BCUT2D eigenvalue weighted by atomic mass is 28.4. The molecule has 2 aromatic rings. The van der Waals surface area contributed by atoms with E-state index in [1.807, 2.05) is 0 Å². The molecule has 1 heterocycles. The van der Waals surface area contributed by atoms with Crippen LogP contribution in [0.1, 0.15) is 78.7 Å². The predicted octanol–water partition coefficient (Wildman–Crippen LogP) is 9.54. The van der Waals surface area contributed by atoms with Gasteiger partial charge in [-0.3, -0.25) is 0 Å². The lowest BCUT2D eigenvalue weighted by molar-refractivity contribution is 0.0290. The Morgan fingerprint density at radius 1 is 0.571 bits per heavy atom. The minimum Gasteiger partial charge on any atom is -0.544 e. The van der Waals surface area contributed by atoms with Gasteiger partial charge in [0.15, 0.2) is 0 Å². The van der Waals surface area contributed by atoms with Crippen molar-refractivity contribution in [2.75, 3.05) is 0 Å². The Balaban J connectivity index is 1.72. The van der Waals surface area contributed by atoms with Crippen LogP contribution in [0.15, 0.2) is 48.5 Å². The van der Waals surface area contributed by atoms with Crippen LogP contribution in [0, 0.1) is 11.8 Å². The highest BCUT2D eigenvalue weighted by Gasteiger charge is 2.42. The summed E-state index contributed by atoms with van der Waals surface area (Å²) < 4.78 is 19.6. The van der Waals surface area contributed by atoms with Crippen LogP contribution < -0.4 is 8.85 Å². The van der Waals surface area contributed by atoms with Gasteiger partial charge in [-0.25, -0.2) is 0 Å². The van der Waals surface area contributed by atoms with E-state index in [-0.39, 0.29) is 22.3 Å². The van der Waals surface area contributed by atoms with Crippen molar-refractivity contribution >= 4 is 16.6 Å². The van der Waals surface area contributed by atoms with E-state index < -0.39 is 16.6 Å². The minimum atomic E-state index is -1.84. The maximum absolute atomic E-state index is 6.68. The van der Waals surface area contributed by atoms with Gasteiger partial charge in [0.1, 0.15) is 11.5 Å². The standard InChI is InChI=1S/C30H48O3Si2/c1-21-22(2)28(24-15-19-26(20-16-24)33-35(11,12)30(6,7)8)31-27(21)23-13-17-25(18-14-23)32-34(9,10)29(3,4)5/h13-22,27-28H,1-12H3/t21-,22+,27-,28+. The van der Waals surface area contributed by atoms with E-state index in [4.69, 9.17) is 13.6 Å². The lowest BCUT2D eigenvalue weighted by Crippen LogP contribution is -2.43. The summed E-state index contributed by atoms with van der Waals surface area (Å²) in [5, 5.41) is 0.366. The predicted molar refractivity (Wildman–Crippen MR) is 153 cm³/mol. The summed E-state index contributed by atoms with van der Waals surface area (Å²) in [5.74, 6) is 2.78. The van der Waals surface area contributed by atoms with Crippen LogP contribution in [0.2, 0.25) is 36.3 Å². The van der Waals surface area contributed by atoms with Gasteiger partial charge in [0.05, 0.1) is 12.2 Å². The van der Waals surface area contributed by atoms with Gasteiger partial charge in [-0.05, 0) is 83.5 Å². The zero-order valence-electron chi connectivity index (χ0n) is 24.2. The van der Waals surface area contributed by atoms with E-state index >= 15 is 0 Å². The van der Waals surface area contributed by atoms with E-state index in [0.717, 1.165) is 11.5 Å². The molecule has 35 heavy (non-hydrogen) atoms. The first-order chi connectivity index (χ1) is 15.9. The van der Waals surface area contributed by atoms with Crippen molar-refractivity contribution in [1.29, 1.82) is 0 Å². The Hall–Kier alpha value is -1.57. The zero-order chi connectivity index (χ0) is 26.4. The van der Waals surface area contributed by atoms with E-state index in [0.29, 0.717) is 11.8 Å². The first-order valence-corrected chi connectivity index (χ1v) is 19.0. The molecule has 0 aromatic heterocycles. The van der Waals surface area contributed by atoms with Crippen molar-refractivity contribution in [3.8, 4) is 11.5 Å². The van der Waals surface area contributed by atoms with E-state index in [9.17, 15) is 0 Å². The largest absolute Gasteiger partial charge is 0.544 e. The SMILES string of the molecule is C[C@@H]1[C@H](C)[C@@H](c2ccc(O[Si](C)(C)C(C)(C)C)cc2)O[C@H]1c1ccc(O[Si](C)(C)C(C)(C)C)cc1. The second-order valence-corrected chi connectivity index (χ2v) is 23.0. The molecule has 1 saturated heterocycles. The van der Waals surface area contributed by atoms with Crippen LogP contribution in [0.25, 0.3) is 0 Å². The average molecular weight is 513 g/mol. The summed E-state index contributed by atoms with van der Waals surface area (Å²) in [7, 11) is -3.69. The first-order valence-electron chi connectivity index (χ1n) is 13.2. The molecule has 5 heteroatoms. The second-order valence-electron chi connectivity index (χ2n) is 13.6. The van der Waals surface area contributed by atoms with Crippen molar-refractivity contribution < 1.29 is 13.6 Å².